The molecule has 5 heteroatoms. The molecular weight excluding hydrogens is 281 g/mol. The van der Waals surface area contributed by atoms with Gasteiger partial charge in [-0.15, -0.1) is 0 Å². The van der Waals surface area contributed by atoms with Gasteiger partial charge in [-0.2, -0.15) is 0 Å². The Balaban J connectivity index is 2.09. The number of carbonyl (C=O) groups is 1. The number of halogens is 2. The standard InChI is InChI=1S/C15H13ClFNO2/c1-20-14-4-2-3-13(16)12(14)9-18-15(19)10-5-7-11(17)8-6-10/h2-8H,9H2,1H3,(H,18,19). The molecule has 0 bridgehead atoms. The van der Waals surface area contributed by atoms with Crippen molar-refractivity contribution in [1.82, 2.24) is 5.32 Å². The Morgan fingerprint density at radius 2 is 1.95 bits per heavy atom. The van der Waals surface area contributed by atoms with Gasteiger partial charge in [0.15, 0.2) is 0 Å². The molecule has 104 valence electrons. The van der Waals surface area contributed by atoms with Crippen molar-refractivity contribution >= 4 is 17.5 Å². The van der Waals surface area contributed by atoms with Gasteiger partial charge in [0, 0.05) is 22.7 Å². The molecule has 2 aromatic rings. The zero-order valence-electron chi connectivity index (χ0n) is 10.8. The van der Waals surface area contributed by atoms with E-state index in [9.17, 15) is 9.18 Å². The number of nitrogens with one attached hydrogen (secondary N) is 1. The summed E-state index contributed by atoms with van der Waals surface area (Å²) < 4.78 is 18.0. The van der Waals surface area contributed by atoms with Crippen LogP contribution in [0.5, 0.6) is 5.75 Å². The largest absolute Gasteiger partial charge is 0.496 e. The van der Waals surface area contributed by atoms with Crippen LogP contribution in [0.25, 0.3) is 0 Å². The van der Waals surface area contributed by atoms with Crippen LogP contribution in [-0.2, 0) is 6.54 Å². The van der Waals surface area contributed by atoms with Crippen molar-refractivity contribution in [2.24, 2.45) is 0 Å². The lowest BCUT2D eigenvalue weighted by Gasteiger charge is -2.11. The lowest BCUT2D eigenvalue weighted by atomic mass is 10.1. The second-order valence-corrected chi connectivity index (χ2v) is 4.52. The molecule has 20 heavy (non-hydrogen) atoms. The highest BCUT2D eigenvalue weighted by atomic mass is 35.5. The number of amides is 1. The molecule has 0 aromatic heterocycles. The number of rotatable bonds is 4. The Bertz CT molecular complexity index is 614. The maximum Gasteiger partial charge on any atom is 0.251 e. The number of carbonyl (C=O) groups excluding carboxylic acids is 1. The smallest absolute Gasteiger partial charge is 0.251 e. The third-order valence-corrected chi connectivity index (χ3v) is 3.18. The third-order valence-electron chi connectivity index (χ3n) is 2.83. The van der Waals surface area contributed by atoms with E-state index in [-0.39, 0.29) is 18.3 Å². The quantitative estimate of drug-likeness (QED) is 0.938. The molecule has 0 aliphatic carbocycles. The lowest BCUT2D eigenvalue weighted by molar-refractivity contribution is 0.0950. The molecule has 0 unspecified atom stereocenters. The molecule has 0 aliphatic rings. The highest BCUT2D eigenvalue weighted by Gasteiger charge is 2.10. The number of hydrogen-bond donors (Lipinski definition) is 1. The van der Waals surface area contributed by atoms with Gasteiger partial charge in [0.2, 0.25) is 0 Å². The first-order valence-corrected chi connectivity index (χ1v) is 6.34. The maximum atomic E-state index is 12.8. The highest BCUT2D eigenvalue weighted by molar-refractivity contribution is 6.31. The minimum atomic E-state index is -0.380. The zero-order valence-corrected chi connectivity index (χ0v) is 11.6. The van der Waals surface area contributed by atoms with Gasteiger partial charge in [0.25, 0.3) is 5.91 Å². The van der Waals surface area contributed by atoms with E-state index < -0.39 is 0 Å². The Labute approximate surface area is 121 Å². The van der Waals surface area contributed by atoms with Crippen molar-refractivity contribution in [3.8, 4) is 5.75 Å². The van der Waals surface area contributed by atoms with Gasteiger partial charge in [-0.1, -0.05) is 17.7 Å². The first kappa shape index (κ1) is 14.3. The van der Waals surface area contributed by atoms with Gasteiger partial charge >= 0.3 is 0 Å². The van der Waals surface area contributed by atoms with E-state index in [1.54, 1.807) is 18.2 Å². The van der Waals surface area contributed by atoms with Gasteiger partial charge in [-0.25, -0.2) is 4.39 Å². The molecule has 2 rings (SSSR count). The highest BCUT2D eigenvalue weighted by Crippen LogP contribution is 2.25. The van der Waals surface area contributed by atoms with Crippen LogP contribution in [-0.4, -0.2) is 13.0 Å². The monoisotopic (exact) mass is 293 g/mol. The average molecular weight is 294 g/mol. The molecule has 0 saturated carbocycles. The first-order valence-electron chi connectivity index (χ1n) is 5.97. The van der Waals surface area contributed by atoms with Crippen molar-refractivity contribution in [2.75, 3.05) is 7.11 Å². The fraction of sp³-hybridized carbons (Fsp3) is 0.133. The number of ether oxygens (including phenoxy) is 1. The van der Waals surface area contributed by atoms with Crippen molar-refractivity contribution in [3.05, 3.63) is 64.4 Å². The summed E-state index contributed by atoms with van der Waals surface area (Å²) in [6.45, 7) is 0.235. The van der Waals surface area contributed by atoms with E-state index in [4.69, 9.17) is 16.3 Å². The Morgan fingerprint density at radius 3 is 2.60 bits per heavy atom. The predicted octanol–water partition coefficient (Wildman–Crippen LogP) is 3.42. The topological polar surface area (TPSA) is 38.3 Å². The number of hydrogen-bond acceptors (Lipinski definition) is 2. The van der Waals surface area contributed by atoms with Crippen LogP contribution < -0.4 is 10.1 Å². The van der Waals surface area contributed by atoms with Crippen molar-refractivity contribution in [2.45, 2.75) is 6.54 Å². The molecule has 0 heterocycles. The second-order valence-electron chi connectivity index (χ2n) is 4.11. The van der Waals surface area contributed by atoms with Crippen molar-refractivity contribution in [3.63, 3.8) is 0 Å². The van der Waals surface area contributed by atoms with Crippen LogP contribution in [0.15, 0.2) is 42.5 Å². The van der Waals surface area contributed by atoms with E-state index in [0.717, 1.165) is 0 Å². The summed E-state index contributed by atoms with van der Waals surface area (Å²) in [6, 6.07) is 10.6. The Hall–Kier alpha value is -2.07. The van der Waals surface area contributed by atoms with E-state index in [1.165, 1.54) is 31.4 Å². The molecular formula is C15H13ClFNO2. The second kappa shape index (κ2) is 6.39. The first-order chi connectivity index (χ1) is 9.61. The SMILES string of the molecule is COc1cccc(Cl)c1CNC(=O)c1ccc(F)cc1. The third kappa shape index (κ3) is 3.27. The predicted molar refractivity (Wildman–Crippen MR) is 75.6 cm³/mol. The summed E-state index contributed by atoms with van der Waals surface area (Å²) >= 11 is 6.08. The summed E-state index contributed by atoms with van der Waals surface area (Å²) in [6.07, 6.45) is 0. The molecule has 2 aromatic carbocycles. The molecule has 0 atom stereocenters. The van der Waals surface area contributed by atoms with Crippen LogP contribution in [0.3, 0.4) is 0 Å². The van der Waals surface area contributed by atoms with Gasteiger partial charge in [0.1, 0.15) is 11.6 Å². The summed E-state index contributed by atoms with van der Waals surface area (Å²) in [7, 11) is 1.54. The molecule has 0 fully saturated rings. The van der Waals surface area contributed by atoms with Crippen LogP contribution >= 0.6 is 11.6 Å². The molecule has 0 aliphatic heterocycles. The fourth-order valence-electron chi connectivity index (χ4n) is 1.77. The van der Waals surface area contributed by atoms with Gasteiger partial charge < -0.3 is 10.1 Å². The summed E-state index contributed by atoms with van der Waals surface area (Å²) in [5, 5.41) is 3.24. The van der Waals surface area contributed by atoms with E-state index in [0.29, 0.717) is 21.9 Å². The average Bonchev–Trinajstić information content (AvgIpc) is 2.46. The Kier molecular flexibility index (Phi) is 4.58. The fourth-order valence-corrected chi connectivity index (χ4v) is 2.01. The summed E-state index contributed by atoms with van der Waals surface area (Å²) in [5.74, 6) is -0.0711. The number of methoxy groups -OCH3 is 1. The number of benzene rings is 2. The maximum absolute atomic E-state index is 12.8. The van der Waals surface area contributed by atoms with E-state index >= 15 is 0 Å². The van der Waals surface area contributed by atoms with E-state index in [2.05, 4.69) is 5.32 Å². The van der Waals surface area contributed by atoms with Gasteiger partial charge in [-0.3, -0.25) is 4.79 Å². The minimum Gasteiger partial charge on any atom is -0.496 e. The molecule has 0 saturated heterocycles. The van der Waals surface area contributed by atoms with Crippen molar-refractivity contribution < 1.29 is 13.9 Å². The molecule has 1 N–H and O–H groups in total. The Morgan fingerprint density at radius 1 is 1.25 bits per heavy atom. The summed E-state index contributed by atoms with van der Waals surface area (Å²) in [4.78, 5) is 11.9. The minimum absolute atomic E-state index is 0.235. The molecule has 0 spiro atoms. The lowest BCUT2D eigenvalue weighted by Crippen LogP contribution is -2.23. The molecule has 1 amide bonds. The van der Waals surface area contributed by atoms with Crippen LogP contribution in [0.2, 0.25) is 5.02 Å². The molecule has 3 nitrogen and oxygen atoms in total. The van der Waals surface area contributed by atoms with Crippen LogP contribution in [0.1, 0.15) is 15.9 Å². The van der Waals surface area contributed by atoms with E-state index in [1.807, 2.05) is 0 Å². The normalized spacial score (nSPS) is 10.2. The van der Waals surface area contributed by atoms with Gasteiger partial charge in [0.05, 0.1) is 7.11 Å². The zero-order chi connectivity index (χ0) is 14.5. The van der Waals surface area contributed by atoms with Crippen LogP contribution in [0.4, 0.5) is 4.39 Å². The molecule has 0 radical (unpaired) electrons. The van der Waals surface area contributed by atoms with Crippen LogP contribution in [0, 0.1) is 5.82 Å². The summed E-state index contributed by atoms with van der Waals surface area (Å²) in [5.41, 5.74) is 1.09. The van der Waals surface area contributed by atoms with Crippen molar-refractivity contribution in [1.29, 1.82) is 0 Å². The van der Waals surface area contributed by atoms with Gasteiger partial charge in [-0.05, 0) is 36.4 Å².